The number of anilines is 1. The second-order valence-electron chi connectivity index (χ2n) is 5.52. The molecule has 1 aliphatic heterocycles. The van der Waals surface area contributed by atoms with Crippen molar-refractivity contribution in [3.05, 3.63) is 59.2 Å². The molecule has 1 amide bonds. The summed E-state index contributed by atoms with van der Waals surface area (Å²) in [5.74, 6) is -1.29. The molecule has 0 radical (unpaired) electrons. The molecular formula is C18H15NO5. The molecule has 1 N–H and O–H groups in total. The number of likely N-dealkylation sites (N-methyl/N-ethyl adjacent to an activating group) is 1. The van der Waals surface area contributed by atoms with Gasteiger partial charge in [0.15, 0.2) is 11.9 Å². The summed E-state index contributed by atoms with van der Waals surface area (Å²) in [5, 5.41) is 9.23. The molecule has 1 heterocycles. The predicted octanol–water partition coefficient (Wildman–Crippen LogP) is 2.36. The van der Waals surface area contributed by atoms with E-state index in [1.54, 1.807) is 44.3 Å². The van der Waals surface area contributed by atoms with E-state index in [0.29, 0.717) is 17.0 Å². The molecule has 0 aliphatic carbocycles. The van der Waals surface area contributed by atoms with Crippen LogP contribution in [-0.2, 0) is 4.79 Å². The Bertz CT molecular complexity index is 858. The molecule has 1 aliphatic rings. The lowest BCUT2D eigenvalue weighted by Crippen LogP contribution is -2.42. The summed E-state index contributed by atoms with van der Waals surface area (Å²) >= 11 is 0. The number of benzene rings is 2. The molecule has 2 aromatic carbocycles. The van der Waals surface area contributed by atoms with E-state index in [1.165, 1.54) is 17.0 Å². The Hall–Kier alpha value is -3.15. The number of rotatable bonds is 3. The number of ketones is 1. The molecule has 0 spiro atoms. The Labute approximate surface area is 138 Å². The van der Waals surface area contributed by atoms with Gasteiger partial charge >= 0.3 is 5.97 Å². The number of carboxylic acid groups (broad SMARTS) is 1. The second-order valence-corrected chi connectivity index (χ2v) is 5.52. The molecule has 2 aromatic rings. The van der Waals surface area contributed by atoms with Gasteiger partial charge in [-0.05, 0) is 31.2 Å². The van der Waals surface area contributed by atoms with Crippen molar-refractivity contribution >= 4 is 23.3 Å². The number of aromatic carboxylic acids is 1. The van der Waals surface area contributed by atoms with Crippen LogP contribution in [0.15, 0.2) is 42.5 Å². The monoisotopic (exact) mass is 325 g/mol. The van der Waals surface area contributed by atoms with E-state index in [1.807, 2.05) is 0 Å². The van der Waals surface area contributed by atoms with Crippen LogP contribution in [0.5, 0.6) is 5.75 Å². The number of nitrogens with zero attached hydrogens (tertiary/aromatic N) is 1. The molecule has 0 saturated heterocycles. The highest BCUT2D eigenvalue weighted by Crippen LogP contribution is 2.34. The van der Waals surface area contributed by atoms with Crippen LogP contribution in [0.2, 0.25) is 0 Å². The van der Waals surface area contributed by atoms with E-state index in [0.717, 1.165) is 0 Å². The fourth-order valence-electron chi connectivity index (χ4n) is 2.68. The number of fused-ring (bicyclic) bond motifs is 1. The van der Waals surface area contributed by atoms with Gasteiger partial charge in [0.1, 0.15) is 5.75 Å². The van der Waals surface area contributed by atoms with Crippen molar-refractivity contribution in [2.24, 2.45) is 0 Å². The van der Waals surface area contributed by atoms with E-state index in [9.17, 15) is 19.5 Å². The second kappa shape index (κ2) is 5.81. The first-order chi connectivity index (χ1) is 11.4. The van der Waals surface area contributed by atoms with Gasteiger partial charge in [-0.1, -0.05) is 18.2 Å². The van der Waals surface area contributed by atoms with Crippen molar-refractivity contribution in [1.29, 1.82) is 0 Å². The Morgan fingerprint density at radius 2 is 1.79 bits per heavy atom. The topological polar surface area (TPSA) is 83.9 Å². The van der Waals surface area contributed by atoms with Crippen molar-refractivity contribution in [2.75, 3.05) is 11.9 Å². The van der Waals surface area contributed by atoms with Gasteiger partial charge in [-0.15, -0.1) is 0 Å². The highest BCUT2D eigenvalue weighted by atomic mass is 16.5. The maximum atomic E-state index is 12.7. The van der Waals surface area contributed by atoms with E-state index >= 15 is 0 Å². The van der Waals surface area contributed by atoms with E-state index in [-0.39, 0.29) is 17.0 Å². The molecule has 6 nitrogen and oxygen atoms in total. The van der Waals surface area contributed by atoms with Crippen molar-refractivity contribution in [2.45, 2.75) is 13.0 Å². The van der Waals surface area contributed by atoms with Gasteiger partial charge in [0.2, 0.25) is 0 Å². The van der Waals surface area contributed by atoms with Crippen molar-refractivity contribution < 1.29 is 24.2 Å². The molecule has 122 valence electrons. The van der Waals surface area contributed by atoms with E-state index in [2.05, 4.69) is 0 Å². The van der Waals surface area contributed by atoms with Gasteiger partial charge in [-0.2, -0.15) is 0 Å². The van der Waals surface area contributed by atoms with Crippen LogP contribution in [0.3, 0.4) is 0 Å². The van der Waals surface area contributed by atoms with Crippen molar-refractivity contribution in [1.82, 2.24) is 0 Å². The molecule has 0 saturated carbocycles. The molecule has 0 bridgehead atoms. The quantitative estimate of drug-likeness (QED) is 0.876. The Morgan fingerprint density at radius 3 is 2.46 bits per heavy atom. The summed E-state index contributed by atoms with van der Waals surface area (Å²) in [6.07, 6.45) is -0.586. The maximum Gasteiger partial charge on any atom is 0.336 e. The van der Waals surface area contributed by atoms with Gasteiger partial charge in [-0.3, -0.25) is 9.59 Å². The van der Waals surface area contributed by atoms with E-state index < -0.39 is 17.9 Å². The van der Waals surface area contributed by atoms with Gasteiger partial charge < -0.3 is 14.7 Å². The summed E-state index contributed by atoms with van der Waals surface area (Å²) in [5.41, 5.74) is 0.815. The smallest absolute Gasteiger partial charge is 0.336 e. The first kappa shape index (κ1) is 15.7. The SMILES string of the molecule is C[C@H]1Oc2ccc(C(=O)c3ccccc3C(=O)O)cc2N(C)C1=O. The van der Waals surface area contributed by atoms with Crippen molar-refractivity contribution in [3.63, 3.8) is 0 Å². The summed E-state index contributed by atoms with van der Waals surface area (Å²) in [4.78, 5) is 37.5. The minimum absolute atomic E-state index is 0.0606. The third kappa shape index (κ3) is 2.52. The predicted molar refractivity (Wildman–Crippen MR) is 86.8 cm³/mol. The Morgan fingerprint density at radius 1 is 1.12 bits per heavy atom. The standard InChI is InChI=1S/C18H15NO5/c1-10-17(21)19(2)14-9-11(7-8-15(14)24-10)16(20)12-5-3-4-6-13(12)18(22)23/h3-10H,1-2H3,(H,22,23)/t10-/m1/s1. The van der Waals surface area contributed by atoms with Crippen LogP contribution < -0.4 is 9.64 Å². The third-order valence-corrected chi connectivity index (χ3v) is 3.97. The molecule has 0 unspecified atom stereocenters. The molecule has 3 rings (SSSR count). The summed E-state index contributed by atoms with van der Waals surface area (Å²) in [6.45, 7) is 1.66. The normalized spacial score (nSPS) is 16.3. The van der Waals surface area contributed by atoms with Crippen LogP contribution in [-0.4, -0.2) is 35.9 Å². The first-order valence-corrected chi connectivity index (χ1v) is 7.35. The fourth-order valence-corrected chi connectivity index (χ4v) is 2.68. The van der Waals surface area contributed by atoms with Gasteiger partial charge in [0.05, 0.1) is 11.3 Å². The molecule has 1 atom stereocenters. The summed E-state index contributed by atoms with van der Waals surface area (Å²) < 4.78 is 5.52. The van der Waals surface area contributed by atoms with Gasteiger partial charge in [-0.25, -0.2) is 4.79 Å². The number of hydrogen-bond acceptors (Lipinski definition) is 4. The number of carbonyl (C=O) groups is 3. The molecule has 0 aromatic heterocycles. The van der Waals surface area contributed by atoms with Gasteiger partial charge in [0.25, 0.3) is 5.91 Å². The zero-order valence-electron chi connectivity index (χ0n) is 13.1. The fraction of sp³-hybridized carbons (Fsp3) is 0.167. The average molecular weight is 325 g/mol. The number of carboxylic acids is 1. The molecular weight excluding hydrogens is 310 g/mol. The molecule has 0 fully saturated rings. The molecule has 6 heteroatoms. The summed E-state index contributed by atoms with van der Waals surface area (Å²) in [6, 6.07) is 10.8. The zero-order valence-corrected chi connectivity index (χ0v) is 13.1. The lowest BCUT2D eigenvalue weighted by molar-refractivity contribution is -0.125. The van der Waals surface area contributed by atoms with Crippen LogP contribution in [0.1, 0.15) is 33.2 Å². The lowest BCUT2D eigenvalue weighted by Gasteiger charge is -2.30. The van der Waals surface area contributed by atoms with Crippen molar-refractivity contribution in [3.8, 4) is 5.75 Å². The lowest BCUT2D eigenvalue weighted by atomic mass is 9.97. The highest BCUT2D eigenvalue weighted by Gasteiger charge is 2.29. The number of hydrogen-bond donors (Lipinski definition) is 1. The largest absolute Gasteiger partial charge is 0.479 e. The Balaban J connectivity index is 2.05. The minimum Gasteiger partial charge on any atom is -0.479 e. The van der Waals surface area contributed by atoms with Gasteiger partial charge in [0, 0.05) is 18.2 Å². The first-order valence-electron chi connectivity index (χ1n) is 7.35. The maximum absolute atomic E-state index is 12.7. The van der Waals surface area contributed by atoms with Crippen LogP contribution >= 0.6 is 0 Å². The van der Waals surface area contributed by atoms with E-state index in [4.69, 9.17) is 4.74 Å². The van der Waals surface area contributed by atoms with Crippen LogP contribution in [0.4, 0.5) is 5.69 Å². The summed E-state index contributed by atoms with van der Waals surface area (Å²) in [7, 11) is 1.61. The Kier molecular flexibility index (Phi) is 3.81. The minimum atomic E-state index is -1.17. The number of ether oxygens (including phenoxy) is 1. The van der Waals surface area contributed by atoms with Crippen LogP contribution in [0.25, 0.3) is 0 Å². The zero-order chi connectivity index (χ0) is 17.4. The number of amides is 1. The molecule has 24 heavy (non-hydrogen) atoms. The highest BCUT2D eigenvalue weighted by molar-refractivity contribution is 6.15. The number of carbonyl (C=O) groups excluding carboxylic acids is 2. The average Bonchev–Trinajstić information content (AvgIpc) is 2.59. The van der Waals surface area contributed by atoms with Crippen LogP contribution in [0, 0.1) is 0 Å². The third-order valence-electron chi connectivity index (χ3n) is 3.97.